The molecule has 2 aliphatic rings. The molecule has 1 aliphatic heterocycles. The summed E-state index contributed by atoms with van der Waals surface area (Å²) in [6.07, 6.45) is 4.53. The summed E-state index contributed by atoms with van der Waals surface area (Å²) in [4.78, 5) is -0.149. The normalized spacial score (nSPS) is 25.4. The molecule has 9 heteroatoms. The maximum absolute atomic E-state index is 13.3. The van der Waals surface area contributed by atoms with E-state index >= 15 is 0 Å². The first-order chi connectivity index (χ1) is 11.7. The van der Waals surface area contributed by atoms with E-state index in [0.717, 1.165) is 31.9 Å². The number of nitrogens with zero attached hydrogens (tertiary/aromatic N) is 1. The zero-order valence-electron chi connectivity index (χ0n) is 14.3. The van der Waals surface area contributed by atoms with E-state index in [9.17, 15) is 16.8 Å². The first kappa shape index (κ1) is 18.6. The number of rotatable bonds is 4. The number of hydrogen-bond donors (Lipinski definition) is 0. The van der Waals surface area contributed by atoms with Crippen molar-refractivity contribution in [1.29, 1.82) is 0 Å². The maximum Gasteiger partial charge on any atom is 0.247 e. The second kappa shape index (κ2) is 6.86. The van der Waals surface area contributed by atoms with E-state index in [0.29, 0.717) is 6.61 Å². The summed E-state index contributed by atoms with van der Waals surface area (Å²) in [7, 11) is -6.05. The van der Waals surface area contributed by atoms with Gasteiger partial charge in [0.2, 0.25) is 10.0 Å². The zero-order valence-corrected chi connectivity index (χ0v) is 16.0. The molecule has 0 radical (unpaired) electrons. The molecule has 1 saturated carbocycles. The molecule has 2 atom stereocenters. The smallest absolute Gasteiger partial charge is 0.247 e. The third kappa shape index (κ3) is 3.55. The van der Waals surface area contributed by atoms with Gasteiger partial charge >= 0.3 is 0 Å². The molecule has 1 aromatic carbocycles. The van der Waals surface area contributed by atoms with Crippen molar-refractivity contribution < 1.29 is 26.3 Å². The van der Waals surface area contributed by atoms with Gasteiger partial charge in [-0.15, -0.1) is 0 Å². The molecule has 2 unspecified atom stereocenters. The van der Waals surface area contributed by atoms with Gasteiger partial charge in [0, 0.05) is 12.8 Å². The van der Waals surface area contributed by atoms with Crippen molar-refractivity contribution in [2.75, 3.05) is 26.5 Å². The lowest BCUT2D eigenvalue weighted by molar-refractivity contribution is -0.0586. The number of benzene rings is 1. The van der Waals surface area contributed by atoms with E-state index in [2.05, 4.69) is 0 Å². The highest BCUT2D eigenvalue weighted by Crippen LogP contribution is 2.35. The Labute approximate surface area is 148 Å². The van der Waals surface area contributed by atoms with Crippen LogP contribution in [0, 0.1) is 0 Å². The van der Waals surface area contributed by atoms with Crippen LogP contribution >= 0.6 is 0 Å². The fourth-order valence-electron chi connectivity index (χ4n) is 3.58. The van der Waals surface area contributed by atoms with E-state index in [-0.39, 0.29) is 34.2 Å². The van der Waals surface area contributed by atoms with Gasteiger partial charge in [0.25, 0.3) is 0 Å². The summed E-state index contributed by atoms with van der Waals surface area (Å²) in [5.41, 5.74) is 0. The number of morpholine rings is 1. The number of sulfonamides is 1. The molecule has 2 fully saturated rings. The van der Waals surface area contributed by atoms with Gasteiger partial charge in [0.1, 0.15) is 10.6 Å². The molecular weight excluding hydrogens is 366 g/mol. The second-order valence-electron chi connectivity index (χ2n) is 6.46. The van der Waals surface area contributed by atoms with Crippen LogP contribution in [0.2, 0.25) is 0 Å². The minimum Gasteiger partial charge on any atom is -0.495 e. The number of sulfone groups is 1. The van der Waals surface area contributed by atoms with Gasteiger partial charge in [-0.1, -0.05) is 12.8 Å². The fourth-order valence-corrected chi connectivity index (χ4v) is 6.14. The average molecular weight is 389 g/mol. The topological polar surface area (TPSA) is 90.0 Å². The Morgan fingerprint density at radius 2 is 1.88 bits per heavy atom. The van der Waals surface area contributed by atoms with E-state index in [1.807, 2.05) is 0 Å². The van der Waals surface area contributed by atoms with Gasteiger partial charge in [-0.3, -0.25) is 0 Å². The predicted octanol–water partition coefficient (Wildman–Crippen LogP) is 1.43. The third-order valence-corrected chi connectivity index (χ3v) is 7.89. The van der Waals surface area contributed by atoms with E-state index in [1.54, 1.807) is 0 Å². The highest BCUT2D eigenvalue weighted by molar-refractivity contribution is 7.91. The summed E-state index contributed by atoms with van der Waals surface area (Å²) < 4.78 is 62.7. The van der Waals surface area contributed by atoms with Crippen LogP contribution in [0.5, 0.6) is 5.75 Å². The number of methoxy groups -OCH3 is 1. The van der Waals surface area contributed by atoms with Crippen molar-refractivity contribution in [3.63, 3.8) is 0 Å². The highest BCUT2D eigenvalue weighted by Gasteiger charge is 2.42. The van der Waals surface area contributed by atoms with Crippen LogP contribution in [0.1, 0.15) is 25.7 Å². The van der Waals surface area contributed by atoms with Gasteiger partial charge in [-0.2, -0.15) is 4.31 Å². The van der Waals surface area contributed by atoms with Crippen molar-refractivity contribution in [3.05, 3.63) is 18.2 Å². The molecule has 1 heterocycles. The van der Waals surface area contributed by atoms with E-state index in [4.69, 9.17) is 9.47 Å². The molecule has 0 amide bonds. The molecule has 140 valence electrons. The van der Waals surface area contributed by atoms with E-state index in [1.165, 1.54) is 29.6 Å². The van der Waals surface area contributed by atoms with Crippen molar-refractivity contribution >= 4 is 19.9 Å². The molecule has 0 aromatic heterocycles. The Bertz CT molecular complexity index is 847. The molecule has 0 spiro atoms. The molecular formula is C16H23NO6S2. The summed E-state index contributed by atoms with van der Waals surface area (Å²) in [5, 5.41) is 0. The second-order valence-corrected chi connectivity index (χ2v) is 10.3. The first-order valence-corrected chi connectivity index (χ1v) is 11.6. The van der Waals surface area contributed by atoms with Crippen LogP contribution in [-0.4, -0.2) is 59.8 Å². The Kier molecular flexibility index (Phi) is 5.11. The first-order valence-electron chi connectivity index (χ1n) is 8.26. The quantitative estimate of drug-likeness (QED) is 0.774. The molecule has 1 aromatic rings. The molecule has 7 nitrogen and oxygen atoms in total. The summed E-state index contributed by atoms with van der Waals surface area (Å²) in [6, 6.07) is 3.73. The van der Waals surface area contributed by atoms with Crippen LogP contribution in [0.25, 0.3) is 0 Å². The van der Waals surface area contributed by atoms with Crippen LogP contribution in [-0.2, 0) is 24.6 Å². The number of fused-ring (bicyclic) bond motifs is 1. The minimum atomic E-state index is -3.89. The van der Waals surface area contributed by atoms with Crippen LogP contribution < -0.4 is 4.74 Å². The lowest BCUT2D eigenvalue weighted by Gasteiger charge is -2.42. The van der Waals surface area contributed by atoms with Gasteiger partial charge < -0.3 is 9.47 Å². The van der Waals surface area contributed by atoms with Crippen molar-refractivity contribution in [2.24, 2.45) is 0 Å². The van der Waals surface area contributed by atoms with Crippen LogP contribution in [0.3, 0.4) is 0 Å². The van der Waals surface area contributed by atoms with Crippen molar-refractivity contribution in [2.45, 2.75) is 47.6 Å². The zero-order chi connectivity index (χ0) is 18.2. The molecule has 25 heavy (non-hydrogen) atoms. The molecule has 1 saturated heterocycles. The van der Waals surface area contributed by atoms with Crippen molar-refractivity contribution in [3.8, 4) is 5.75 Å². The van der Waals surface area contributed by atoms with Gasteiger partial charge in [0.05, 0.1) is 30.8 Å². The van der Waals surface area contributed by atoms with Crippen LogP contribution in [0.15, 0.2) is 28.0 Å². The Morgan fingerprint density at radius 1 is 1.16 bits per heavy atom. The highest BCUT2D eigenvalue weighted by atomic mass is 32.2. The monoisotopic (exact) mass is 389 g/mol. The van der Waals surface area contributed by atoms with E-state index < -0.39 is 19.9 Å². The Hall–Kier alpha value is -1.16. The Morgan fingerprint density at radius 3 is 2.56 bits per heavy atom. The van der Waals surface area contributed by atoms with Gasteiger partial charge in [-0.05, 0) is 31.0 Å². The fraction of sp³-hybridized carbons (Fsp3) is 0.625. The Balaban J connectivity index is 2.07. The molecule has 3 rings (SSSR count). The minimum absolute atomic E-state index is 0.0414. The average Bonchev–Trinajstić information content (AvgIpc) is 2.59. The summed E-state index contributed by atoms with van der Waals surface area (Å²) >= 11 is 0. The van der Waals surface area contributed by atoms with Crippen LogP contribution in [0.4, 0.5) is 0 Å². The third-order valence-electron chi connectivity index (χ3n) is 4.83. The number of ether oxygens (including phenoxy) is 2. The van der Waals surface area contributed by atoms with Crippen molar-refractivity contribution in [1.82, 2.24) is 4.31 Å². The molecule has 0 N–H and O–H groups in total. The van der Waals surface area contributed by atoms with Gasteiger partial charge in [-0.25, -0.2) is 16.8 Å². The molecule has 1 aliphatic carbocycles. The number of hydrogen-bond acceptors (Lipinski definition) is 6. The molecule has 0 bridgehead atoms. The SMILES string of the molecule is COc1ccc(S(C)(=O)=O)cc1S(=O)(=O)N1CCOC2CCCCC21. The summed E-state index contributed by atoms with van der Waals surface area (Å²) in [6.45, 7) is 0.601. The van der Waals surface area contributed by atoms with Gasteiger partial charge in [0.15, 0.2) is 9.84 Å². The standard InChI is InChI=1S/C16H23NO6S2/c1-22-15-8-7-12(24(2,18)19)11-16(15)25(20,21)17-9-10-23-14-6-4-3-5-13(14)17/h7-8,11,13-14H,3-6,9-10H2,1-2H3. The summed E-state index contributed by atoms with van der Waals surface area (Å²) in [5.74, 6) is 0.145. The maximum atomic E-state index is 13.3. The predicted molar refractivity (Wildman–Crippen MR) is 92.0 cm³/mol. The lowest BCUT2D eigenvalue weighted by atomic mass is 9.91. The lowest BCUT2D eigenvalue weighted by Crippen LogP contribution is -2.54. The largest absolute Gasteiger partial charge is 0.495 e.